The minimum Gasteiger partial charge on any atom is -0.396 e. The average Bonchev–Trinajstić information content (AvgIpc) is 3.02. The van der Waals surface area contributed by atoms with Gasteiger partial charge in [-0.2, -0.15) is 10.1 Å². The van der Waals surface area contributed by atoms with Crippen LogP contribution in [0, 0.1) is 0 Å². The van der Waals surface area contributed by atoms with Crippen LogP contribution in [0.4, 0.5) is 5.69 Å². The fourth-order valence-electron chi connectivity index (χ4n) is 1.82. The van der Waals surface area contributed by atoms with E-state index in [9.17, 15) is 0 Å². The highest BCUT2D eigenvalue weighted by molar-refractivity contribution is 6.30. The molecule has 7 heteroatoms. The van der Waals surface area contributed by atoms with Crippen molar-refractivity contribution >= 4 is 17.3 Å². The van der Waals surface area contributed by atoms with Gasteiger partial charge in [0.15, 0.2) is 5.82 Å². The van der Waals surface area contributed by atoms with Gasteiger partial charge in [-0.3, -0.25) is 4.68 Å². The number of hydrogen-bond acceptors (Lipinski definition) is 5. The van der Waals surface area contributed by atoms with E-state index in [1.165, 1.54) is 0 Å². The first-order valence-corrected chi connectivity index (χ1v) is 6.41. The van der Waals surface area contributed by atoms with Crippen molar-refractivity contribution in [1.82, 2.24) is 19.9 Å². The molecule has 2 N–H and O–H groups in total. The summed E-state index contributed by atoms with van der Waals surface area (Å²) in [5.74, 6) is 1.12. The second kappa shape index (κ2) is 5.34. The van der Waals surface area contributed by atoms with Crippen LogP contribution in [0.2, 0.25) is 5.02 Å². The van der Waals surface area contributed by atoms with E-state index in [0.29, 0.717) is 35.4 Å². The molecule has 3 rings (SSSR count). The lowest BCUT2D eigenvalue weighted by molar-refractivity contribution is 0.362. The molecule has 0 spiro atoms. The maximum Gasteiger partial charge on any atom is 0.248 e. The molecule has 0 saturated carbocycles. The molecule has 3 aromatic rings. The summed E-state index contributed by atoms with van der Waals surface area (Å²) in [6.07, 6.45) is 3.88. The van der Waals surface area contributed by atoms with Gasteiger partial charge in [-0.15, -0.1) is 0 Å². The SMILES string of the molecule is Nc1cnn(Cc2nc(Cc3ccc(Cl)cc3)no2)c1. The molecule has 0 atom stereocenters. The zero-order valence-corrected chi connectivity index (χ0v) is 11.3. The molecule has 1 aromatic carbocycles. The predicted molar refractivity (Wildman–Crippen MR) is 74.3 cm³/mol. The van der Waals surface area contributed by atoms with Crippen molar-refractivity contribution in [2.45, 2.75) is 13.0 Å². The van der Waals surface area contributed by atoms with E-state index in [1.807, 2.05) is 24.3 Å². The Labute approximate surface area is 120 Å². The molecule has 0 bridgehead atoms. The van der Waals surface area contributed by atoms with Crippen LogP contribution < -0.4 is 5.73 Å². The van der Waals surface area contributed by atoms with Gasteiger partial charge in [0.05, 0.1) is 11.9 Å². The second-order valence-electron chi connectivity index (χ2n) is 4.38. The third-order valence-electron chi connectivity index (χ3n) is 2.74. The van der Waals surface area contributed by atoms with Gasteiger partial charge in [0.25, 0.3) is 0 Å². The van der Waals surface area contributed by atoms with Gasteiger partial charge in [-0.05, 0) is 17.7 Å². The number of rotatable bonds is 4. The topological polar surface area (TPSA) is 82.8 Å². The van der Waals surface area contributed by atoms with E-state index in [2.05, 4.69) is 15.2 Å². The Bertz CT molecular complexity index is 704. The quantitative estimate of drug-likeness (QED) is 0.795. The number of nitrogens with zero attached hydrogens (tertiary/aromatic N) is 4. The molecule has 0 unspecified atom stereocenters. The Morgan fingerprint density at radius 2 is 2.05 bits per heavy atom. The molecule has 20 heavy (non-hydrogen) atoms. The molecule has 2 heterocycles. The number of aromatic nitrogens is 4. The van der Waals surface area contributed by atoms with Gasteiger partial charge in [0.1, 0.15) is 6.54 Å². The number of benzene rings is 1. The molecule has 2 aromatic heterocycles. The Hall–Kier alpha value is -2.34. The Kier molecular flexibility index (Phi) is 3.39. The molecular formula is C13H12ClN5O. The molecule has 102 valence electrons. The van der Waals surface area contributed by atoms with Gasteiger partial charge in [0.2, 0.25) is 5.89 Å². The smallest absolute Gasteiger partial charge is 0.248 e. The lowest BCUT2D eigenvalue weighted by Crippen LogP contribution is -2.00. The Morgan fingerprint density at radius 1 is 1.25 bits per heavy atom. The van der Waals surface area contributed by atoms with Crippen LogP contribution in [0.25, 0.3) is 0 Å². The molecule has 0 aliphatic heterocycles. The van der Waals surface area contributed by atoms with E-state index >= 15 is 0 Å². The molecular weight excluding hydrogens is 278 g/mol. The summed E-state index contributed by atoms with van der Waals surface area (Å²) in [7, 11) is 0. The maximum atomic E-state index is 5.84. The van der Waals surface area contributed by atoms with Gasteiger partial charge in [-0.25, -0.2) is 0 Å². The van der Waals surface area contributed by atoms with E-state index in [-0.39, 0.29) is 0 Å². The van der Waals surface area contributed by atoms with Gasteiger partial charge in [-0.1, -0.05) is 28.9 Å². The summed E-state index contributed by atoms with van der Waals surface area (Å²) in [6, 6.07) is 7.55. The lowest BCUT2D eigenvalue weighted by atomic mass is 10.1. The highest BCUT2D eigenvalue weighted by Crippen LogP contribution is 2.12. The molecule has 0 amide bonds. The Morgan fingerprint density at radius 3 is 2.75 bits per heavy atom. The van der Waals surface area contributed by atoms with Gasteiger partial charge in [0, 0.05) is 17.6 Å². The Balaban J connectivity index is 1.68. The van der Waals surface area contributed by atoms with Gasteiger partial charge >= 0.3 is 0 Å². The van der Waals surface area contributed by atoms with E-state index < -0.39 is 0 Å². The zero-order valence-electron chi connectivity index (χ0n) is 10.5. The molecule has 0 radical (unpaired) electrons. The standard InChI is InChI=1S/C13H12ClN5O/c14-10-3-1-9(2-4-10)5-12-17-13(20-18-12)8-19-7-11(15)6-16-19/h1-4,6-7H,5,8,15H2. The monoisotopic (exact) mass is 289 g/mol. The van der Waals surface area contributed by atoms with Crippen molar-refractivity contribution in [3.8, 4) is 0 Å². The van der Waals surface area contributed by atoms with Gasteiger partial charge < -0.3 is 10.3 Å². The van der Waals surface area contributed by atoms with E-state index in [1.54, 1.807) is 17.1 Å². The fourth-order valence-corrected chi connectivity index (χ4v) is 1.94. The van der Waals surface area contributed by atoms with Crippen molar-refractivity contribution in [3.63, 3.8) is 0 Å². The summed E-state index contributed by atoms with van der Waals surface area (Å²) in [5.41, 5.74) is 7.27. The van der Waals surface area contributed by atoms with Crippen molar-refractivity contribution in [3.05, 3.63) is 59.0 Å². The van der Waals surface area contributed by atoms with Crippen LogP contribution in [0.1, 0.15) is 17.3 Å². The summed E-state index contributed by atoms with van der Waals surface area (Å²) in [4.78, 5) is 4.32. The van der Waals surface area contributed by atoms with Crippen LogP contribution in [0.15, 0.2) is 41.2 Å². The van der Waals surface area contributed by atoms with Crippen LogP contribution in [-0.4, -0.2) is 19.9 Å². The lowest BCUT2D eigenvalue weighted by Gasteiger charge is -1.96. The van der Waals surface area contributed by atoms with Crippen LogP contribution >= 0.6 is 11.6 Å². The fraction of sp³-hybridized carbons (Fsp3) is 0.154. The highest BCUT2D eigenvalue weighted by atomic mass is 35.5. The summed E-state index contributed by atoms with van der Waals surface area (Å²) in [5, 5.41) is 8.72. The van der Waals surface area contributed by atoms with Crippen molar-refractivity contribution in [2.75, 3.05) is 5.73 Å². The number of anilines is 1. The first-order valence-electron chi connectivity index (χ1n) is 6.03. The second-order valence-corrected chi connectivity index (χ2v) is 4.82. The maximum absolute atomic E-state index is 5.84. The third kappa shape index (κ3) is 2.97. The largest absolute Gasteiger partial charge is 0.396 e. The summed E-state index contributed by atoms with van der Waals surface area (Å²) in [6.45, 7) is 0.408. The predicted octanol–water partition coefficient (Wildman–Crippen LogP) is 2.14. The highest BCUT2D eigenvalue weighted by Gasteiger charge is 2.08. The average molecular weight is 290 g/mol. The number of nitrogens with two attached hydrogens (primary N) is 1. The summed E-state index contributed by atoms with van der Waals surface area (Å²) < 4.78 is 6.83. The number of hydrogen-bond donors (Lipinski definition) is 1. The molecule has 0 fully saturated rings. The molecule has 0 aliphatic rings. The van der Waals surface area contributed by atoms with Crippen molar-refractivity contribution < 1.29 is 4.52 Å². The van der Waals surface area contributed by atoms with Crippen LogP contribution in [0.3, 0.4) is 0 Å². The number of halogens is 1. The number of nitrogen functional groups attached to an aromatic ring is 1. The minimum atomic E-state index is 0.408. The normalized spacial score (nSPS) is 10.8. The first-order chi connectivity index (χ1) is 9.69. The zero-order chi connectivity index (χ0) is 13.9. The van der Waals surface area contributed by atoms with Crippen LogP contribution in [0.5, 0.6) is 0 Å². The van der Waals surface area contributed by atoms with E-state index in [4.69, 9.17) is 21.9 Å². The third-order valence-corrected chi connectivity index (χ3v) is 2.99. The van der Waals surface area contributed by atoms with Crippen molar-refractivity contribution in [1.29, 1.82) is 0 Å². The summed E-state index contributed by atoms with van der Waals surface area (Å²) >= 11 is 5.84. The van der Waals surface area contributed by atoms with Crippen LogP contribution in [-0.2, 0) is 13.0 Å². The minimum absolute atomic E-state index is 0.408. The van der Waals surface area contributed by atoms with Crippen molar-refractivity contribution in [2.24, 2.45) is 0 Å². The molecule has 0 aliphatic carbocycles. The molecule has 6 nitrogen and oxygen atoms in total. The first kappa shape index (κ1) is 12.7. The molecule has 0 saturated heterocycles. The van der Waals surface area contributed by atoms with E-state index in [0.717, 1.165) is 5.56 Å².